The Balaban J connectivity index is 1.57. The molecule has 6 heteroatoms. The molecule has 1 aromatic heterocycles. The highest BCUT2D eigenvalue weighted by Crippen LogP contribution is 2.35. The van der Waals surface area contributed by atoms with E-state index in [1.807, 2.05) is 31.2 Å². The summed E-state index contributed by atoms with van der Waals surface area (Å²) in [5.74, 6) is 1.23. The zero-order valence-corrected chi connectivity index (χ0v) is 18.3. The molecule has 1 saturated carbocycles. The van der Waals surface area contributed by atoms with Crippen LogP contribution in [0.25, 0.3) is 10.9 Å². The van der Waals surface area contributed by atoms with Crippen molar-refractivity contribution in [3.63, 3.8) is 0 Å². The van der Waals surface area contributed by atoms with Crippen LogP contribution in [0.2, 0.25) is 0 Å². The quantitative estimate of drug-likeness (QED) is 0.529. The molecule has 1 saturated heterocycles. The van der Waals surface area contributed by atoms with Gasteiger partial charge in [0, 0.05) is 18.6 Å². The lowest BCUT2D eigenvalue weighted by molar-refractivity contribution is -0.134. The number of piperidine rings is 1. The molecule has 2 fully saturated rings. The van der Waals surface area contributed by atoms with Crippen molar-refractivity contribution in [3.8, 4) is 0 Å². The second-order valence-corrected chi connectivity index (χ2v) is 9.42. The maximum atomic E-state index is 13.1. The summed E-state index contributed by atoms with van der Waals surface area (Å²) < 4.78 is 1.78. The van der Waals surface area contributed by atoms with Crippen LogP contribution < -0.4 is 5.56 Å². The first-order valence-corrected chi connectivity index (χ1v) is 12.0. The Morgan fingerprint density at radius 1 is 1.21 bits per heavy atom. The molecule has 4 rings (SSSR count). The lowest BCUT2D eigenvalue weighted by atomic mass is 9.78. The summed E-state index contributed by atoms with van der Waals surface area (Å²) in [4.78, 5) is 33.1. The first kappa shape index (κ1) is 20.5. The van der Waals surface area contributed by atoms with Crippen LogP contribution in [0.4, 0.5) is 0 Å². The molecule has 0 N–H and O–H groups in total. The fourth-order valence-corrected chi connectivity index (χ4v) is 5.93. The number of para-hydroxylation sites is 1. The summed E-state index contributed by atoms with van der Waals surface area (Å²) in [6.07, 6.45) is 8.17. The minimum absolute atomic E-state index is 0.00906. The van der Waals surface area contributed by atoms with Gasteiger partial charge in [-0.25, -0.2) is 4.98 Å². The number of thioether (sulfide) groups is 1. The van der Waals surface area contributed by atoms with Crippen LogP contribution in [-0.2, 0) is 4.79 Å². The van der Waals surface area contributed by atoms with Gasteiger partial charge in [0.05, 0.1) is 16.7 Å². The SMILES string of the molecule is CC[C@@H](C)n1c(SCC(=O)N2CCC[C@@H]3CCCC[C@@H]32)nc2ccccc2c1=O. The van der Waals surface area contributed by atoms with Crippen LogP contribution in [0.15, 0.2) is 34.2 Å². The van der Waals surface area contributed by atoms with Crippen LogP contribution in [0.1, 0.15) is 64.8 Å². The number of aromatic nitrogens is 2. The van der Waals surface area contributed by atoms with Gasteiger partial charge >= 0.3 is 0 Å². The average molecular weight is 414 g/mol. The van der Waals surface area contributed by atoms with Crippen molar-refractivity contribution in [2.45, 2.75) is 76.0 Å². The Morgan fingerprint density at radius 3 is 2.79 bits per heavy atom. The molecule has 0 radical (unpaired) electrons. The summed E-state index contributed by atoms with van der Waals surface area (Å²) in [6.45, 7) is 4.99. The molecule has 156 valence electrons. The van der Waals surface area contributed by atoms with Gasteiger partial charge in [-0.05, 0) is 57.1 Å². The number of hydrogen-bond donors (Lipinski definition) is 0. The zero-order valence-electron chi connectivity index (χ0n) is 17.5. The molecule has 1 aromatic carbocycles. The largest absolute Gasteiger partial charge is 0.339 e. The van der Waals surface area contributed by atoms with E-state index in [0.29, 0.717) is 33.8 Å². The first-order valence-electron chi connectivity index (χ1n) is 11.0. The molecule has 2 heterocycles. The van der Waals surface area contributed by atoms with Crippen molar-refractivity contribution < 1.29 is 4.79 Å². The highest BCUT2D eigenvalue weighted by molar-refractivity contribution is 7.99. The standard InChI is InChI=1S/C23H31N3O2S/c1-3-16(2)26-22(28)18-11-5-6-12-19(18)24-23(26)29-15-21(27)25-14-8-10-17-9-4-7-13-20(17)25/h5-6,11-12,16-17,20H,3-4,7-10,13-15H2,1-2H3/t16-,17+,20+/m1/s1. The number of rotatable bonds is 5. The number of hydrogen-bond acceptors (Lipinski definition) is 4. The summed E-state index contributed by atoms with van der Waals surface area (Å²) in [5, 5.41) is 1.30. The molecule has 5 nitrogen and oxygen atoms in total. The Morgan fingerprint density at radius 2 is 1.97 bits per heavy atom. The van der Waals surface area contributed by atoms with Crippen LogP contribution in [0.5, 0.6) is 0 Å². The van der Waals surface area contributed by atoms with Gasteiger partial charge < -0.3 is 4.90 Å². The first-order chi connectivity index (χ1) is 14.1. The number of nitrogens with zero attached hydrogens (tertiary/aromatic N) is 3. The highest BCUT2D eigenvalue weighted by Gasteiger charge is 2.35. The molecule has 2 aromatic rings. The molecular formula is C23H31N3O2S. The summed E-state index contributed by atoms with van der Waals surface area (Å²) in [7, 11) is 0. The molecular weight excluding hydrogens is 382 g/mol. The minimum atomic E-state index is -0.00906. The van der Waals surface area contributed by atoms with Crippen LogP contribution in [0.3, 0.4) is 0 Å². The van der Waals surface area contributed by atoms with Crippen molar-refractivity contribution in [1.29, 1.82) is 0 Å². The summed E-state index contributed by atoms with van der Waals surface area (Å²) in [5.41, 5.74) is 0.697. The fraction of sp³-hybridized carbons (Fsp3) is 0.609. The third-order valence-corrected chi connectivity index (χ3v) is 7.63. The van der Waals surface area contributed by atoms with E-state index in [0.717, 1.165) is 25.8 Å². The smallest absolute Gasteiger partial charge is 0.262 e. The van der Waals surface area contributed by atoms with Crippen LogP contribution in [0, 0.1) is 5.92 Å². The van der Waals surface area contributed by atoms with E-state index in [2.05, 4.69) is 11.8 Å². The number of likely N-dealkylation sites (tertiary alicyclic amines) is 1. The zero-order chi connectivity index (χ0) is 20.4. The molecule has 0 unspecified atom stereocenters. The van der Waals surface area contributed by atoms with E-state index in [4.69, 9.17) is 4.98 Å². The number of fused-ring (bicyclic) bond motifs is 2. The highest BCUT2D eigenvalue weighted by atomic mass is 32.2. The van der Waals surface area contributed by atoms with E-state index in [1.54, 1.807) is 4.57 Å². The van der Waals surface area contributed by atoms with Gasteiger partial charge in [-0.15, -0.1) is 0 Å². The van der Waals surface area contributed by atoms with E-state index >= 15 is 0 Å². The minimum Gasteiger partial charge on any atom is -0.339 e. The van der Waals surface area contributed by atoms with Gasteiger partial charge in [-0.2, -0.15) is 0 Å². The third-order valence-electron chi connectivity index (χ3n) is 6.70. The van der Waals surface area contributed by atoms with Crippen LogP contribution >= 0.6 is 11.8 Å². The van der Waals surface area contributed by atoms with Crippen molar-refractivity contribution in [2.75, 3.05) is 12.3 Å². The number of carbonyl (C=O) groups excluding carboxylic acids is 1. The predicted molar refractivity (Wildman–Crippen MR) is 118 cm³/mol. The predicted octanol–water partition coefficient (Wildman–Crippen LogP) is 4.64. The van der Waals surface area contributed by atoms with Gasteiger partial charge in [-0.3, -0.25) is 14.2 Å². The summed E-state index contributed by atoms with van der Waals surface area (Å²) >= 11 is 1.42. The monoisotopic (exact) mass is 413 g/mol. The molecule has 1 amide bonds. The van der Waals surface area contributed by atoms with E-state index in [9.17, 15) is 9.59 Å². The van der Waals surface area contributed by atoms with Gasteiger partial charge in [0.25, 0.3) is 5.56 Å². The Kier molecular flexibility index (Phi) is 6.28. The van der Waals surface area contributed by atoms with Gasteiger partial charge in [0.1, 0.15) is 0 Å². The van der Waals surface area contributed by atoms with Gasteiger partial charge in [0.2, 0.25) is 5.91 Å². The molecule has 1 aliphatic heterocycles. The lowest BCUT2D eigenvalue weighted by Gasteiger charge is -2.44. The number of amides is 1. The average Bonchev–Trinajstić information content (AvgIpc) is 2.76. The Labute approximate surface area is 176 Å². The van der Waals surface area contributed by atoms with E-state index < -0.39 is 0 Å². The number of benzene rings is 1. The van der Waals surface area contributed by atoms with Crippen molar-refractivity contribution in [2.24, 2.45) is 5.92 Å². The molecule has 2 aliphatic rings. The Hall–Kier alpha value is -1.82. The van der Waals surface area contributed by atoms with Crippen molar-refractivity contribution >= 4 is 28.6 Å². The van der Waals surface area contributed by atoms with E-state index in [-0.39, 0.29) is 17.5 Å². The topological polar surface area (TPSA) is 55.2 Å². The second kappa shape index (κ2) is 8.90. The third kappa shape index (κ3) is 4.09. The normalized spacial score (nSPS) is 23.0. The van der Waals surface area contributed by atoms with Crippen molar-refractivity contribution in [1.82, 2.24) is 14.5 Å². The Bertz CT molecular complexity index is 939. The van der Waals surface area contributed by atoms with Gasteiger partial charge in [-0.1, -0.05) is 43.7 Å². The molecule has 1 aliphatic carbocycles. The second-order valence-electron chi connectivity index (χ2n) is 8.47. The van der Waals surface area contributed by atoms with Crippen molar-refractivity contribution in [3.05, 3.63) is 34.6 Å². The maximum absolute atomic E-state index is 13.1. The summed E-state index contributed by atoms with van der Waals surface area (Å²) in [6, 6.07) is 7.96. The molecule has 3 atom stereocenters. The number of carbonyl (C=O) groups is 1. The maximum Gasteiger partial charge on any atom is 0.262 e. The molecule has 0 bridgehead atoms. The van der Waals surface area contributed by atoms with E-state index in [1.165, 1.54) is 37.4 Å². The van der Waals surface area contributed by atoms with Gasteiger partial charge in [0.15, 0.2) is 5.16 Å². The lowest BCUT2D eigenvalue weighted by Crippen LogP contribution is -2.50. The molecule has 29 heavy (non-hydrogen) atoms. The molecule has 0 spiro atoms. The van der Waals surface area contributed by atoms with Crippen LogP contribution in [-0.4, -0.2) is 38.7 Å². The fourth-order valence-electron chi connectivity index (χ4n) is 4.94.